The van der Waals surface area contributed by atoms with Gasteiger partial charge in [-0.3, -0.25) is 4.90 Å². The van der Waals surface area contributed by atoms with Crippen LogP contribution in [-0.2, 0) is 4.74 Å². The van der Waals surface area contributed by atoms with E-state index in [1.54, 1.807) is 6.33 Å². The summed E-state index contributed by atoms with van der Waals surface area (Å²) in [4.78, 5) is 13.4. The Labute approximate surface area is 217 Å². The molecule has 1 saturated heterocycles. The zero-order valence-electron chi connectivity index (χ0n) is 22.3. The molecule has 0 aromatic carbocycles. The second kappa shape index (κ2) is 10.2. The van der Waals surface area contributed by atoms with Gasteiger partial charge in [-0.15, -0.1) is 11.3 Å². The van der Waals surface area contributed by atoms with Gasteiger partial charge < -0.3 is 14.8 Å². The van der Waals surface area contributed by atoms with Gasteiger partial charge in [-0.05, 0) is 75.1 Å². The number of aryl methyl sites for hydroxylation is 2. The molecule has 36 heavy (non-hydrogen) atoms. The maximum Gasteiger partial charge on any atom is 0.158 e. The number of aliphatic hydroxyl groups excluding tert-OH is 1. The number of pyridine rings is 1. The third-order valence-corrected chi connectivity index (χ3v) is 9.22. The Morgan fingerprint density at radius 1 is 1.28 bits per heavy atom. The van der Waals surface area contributed by atoms with Gasteiger partial charge in [0.15, 0.2) is 5.65 Å². The predicted octanol–water partition coefficient (Wildman–Crippen LogP) is 5.64. The first-order chi connectivity index (χ1) is 17.3. The van der Waals surface area contributed by atoms with Gasteiger partial charge in [-0.2, -0.15) is 5.10 Å². The summed E-state index contributed by atoms with van der Waals surface area (Å²) >= 11 is 1.93. The van der Waals surface area contributed by atoms with E-state index >= 15 is 0 Å². The fourth-order valence-corrected chi connectivity index (χ4v) is 7.64. The minimum absolute atomic E-state index is 0.194. The van der Waals surface area contributed by atoms with Crippen molar-refractivity contribution in [3.63, 3.8) is 0 Å². The SMILES string of the molecule is CCOCC1CC(c2sc3[nH]c(-c4cc(C)c5ncnn5c4)c(C(C)C)c3c2C)CC(C)N1CCO. The van der Waals surface area contributed by atoms with Gasteiger partial charge in [0.1, 0.15) is 11.2 Å². The topological polar surface area (TPSA) is 78.7 Å². The standard InChI is InChI=1S/C28H39N5O2S/c1-7-35-14-22-12-20(11-18(5)32(22)8-9-34)26-19(6)24-23(16(2)3)25(31-28(24)36-26)21-10-17(4)27-29-15-30-33(27)13-21/h10,13,15-16,18,20,22,31,34H,7-9,11-12,14H2,1-6H3. The van der Waals surface area contributed by atoms with Crippen molar-refractivity contribution in [2.75, 3.05) is 26.4 Å². The monoisotopic (exact) mass is 509 g/mol. The molecular weight excluding hydrogens is 470 g/mol. The summed E-state index contributed by atoms with van der Waals surface area (Å²) in [5, 5.41) is 15.4. The van der Waals surface area contributed by atoms with Crippen LogP contribution in [0.4, 0.5) is 0 Å². The lowest BCUT2D eigenvalue weighted by Crippen LogP contribution is -2.50. The van der Waals surface area contributed by atoms with Crippen LogP contribution < -0.4 is 0 Å². The van der Waals surface area contributed by atoms with Crippen molar-refractivity contribution < 1.29 is 9.84 Å². The Morgan fingerprint density at radius 3 is 2.81 bits per heavy atom. The second-order valence-electron chi connectivity index (χ2n) is 10.6. The molecule has 0 saturated carbocycles. The van der Waals surface area contributed by atoms with E-state index in [1.165, 1.54) is 31.9 Å². The molecule has 194 valence electrons. The molecule has 8 heteroatoms. The first-order valence-corrected chi connectivity index (χ1v) is 14.0. The van der Waals surface area contributed by atoms with Crippen molar-refractivity contribution >= 4 is 27.2 Å². The van der Waals surface area contributed by atoms with Crippen LogP contribution in [0.25, 0.3) is 27.1 Å². The number of H-pyrrole nitrogens is 1. The molecular formula is C28H39N5O2S. The molecule has 7 nitrogen and oxygen atoms in total. The lowest BCUT2D eigenvalue weighted by molar-refractivity contribution is 0.00522. The van der Waals surface area contributed by atoms with E-state index in [9.17, 15) is 5.11 Å². The van der Waals surface area contributed by atoms with Gasteiger partial charge in [0, 0.05) is 47.3 Å². The summed E-state index contributed by atoms with van der Waals surface area (Å²) in [6.45, 7) is 15.7. The van der Waals surface area contributed by atoms with Gasteiger partial charge in [-0.1, -0.05) is 13.8 Å². The number of rotatable bonds is 8. The molecule has 4 aromatic rings. The van der Waals surface area contributed by atoms with Crippen LogP contribution in [0.5, 0.6) is 0 Å². The summed E-state index contributed by atoms with van der Waals surface area (Å²) in [5.74, 6) is 0.890. The molecule has 0 bridgehead atoms. The molecule has 5 heterocycles. The van der Waals surface area contributed by atoms with E-state index in [-0.39, 0.29) is 6.61 Å². The maximum atomic E-state index is 9.65. The Morgan fingerprint density at radius 2 is 2.08 bits per heavy atom. The first kappa shape index (κ1) is 25.4. The number of hydrogen-bond donors (Lipinski definition) is 2. The van der Waals surface area contributed by atoms with Crippen molar-refractivity contribution in [3.8, 4) is 11.3 Å². The number of aliphatic hydroxyl groups is 1. The van der Waals surface area contributed by atoms with Crippen LogP contribution in [0.3, 0.4) is 0 Å². The molecule has 4 aromatic heterocycles. The smallest absolute Gasteiger partial charge is 0.158 e. The molecule has 0 aliphatic carbocycles. The number of likely N-dealkylation sites (tertiary alicyclic amines) is 1. The van der Waals surface area contributed by atoms with Crippen molar-refractivity contribution in [1.82, 2.24) is 24.5 Å². The summed E-state index contributed by atoms with van der Waals surface area (Å²) in [5.41, 5.74) is 7.19. The van der Waals surface area contributed by atoms with Crippen molar-refractivity contribution in [2.45, 2.75) is 78.3 Å². The highest BCUT2D eigenvalue weighted by molar-refractivity contribution is 7.19. The van der Waals surface area contributed by atoms with Gasteiger partial charge in [0.2, 0.25) is 0 Å². The Balaban J connectivity index is 1.55. The number of thiophene rings is 1. The summed E-state index contributed by atoms with van der Waals surface area (Å²) in [6.07, 6.45) is 5.88. The quantitative estimate of drug-likeness (QED) is 0.321. The number of aromatic nitrogens is 4. The lowest BCUT2D eigenvalue weighted by atomic mass is 9.84. The minimum Gasteiger partial charge on any atom is -0.395 e. The van der Waals surface area contributed by atoms with E-state index in [0.29, 0.717) is 30.5 Å². The molecule has 0 amide bonds. The number of fused-ring (bicyclic) bond motifs is 2. The number of hydrogen-bond acceptors (Lipinski definition) is 6. The molecule has 1 fully saturated rings. The van der Waals surface area contributed by atoms with Crippen LogP contribution in [0.2, 0.25) is 0 Å². The number of ether oxygens (including phenoxy) is 1. The Hall–Kier alpha value is -2.26. The molecule has 0 spiro atoms. The minimum atomic E-state index is 0.194. The van der Waals surface area contributed by atoms with Crippen LogP contribution in [0, 0.1) is 13.8 Å². The van der Waals surface area contributed by atoms with Crippen LogP contribution in [0.1, 0.15) is 73.9 Å². The van der Waals surface area contributed by atoms with Crippen LogP contribution in [0.15, 0.2) is 18.6 Å². The van der Waals surface area contributed by atoms with E-state index in [4.69, 9.17) is 4.74 Å². The molecule has 1 aliphatic heterocycles. The van der Waals surface area contributed by atoms with Crippen molar-refractivity contribution in [2.24, 2.45) is 0 Å². The average Bonchev–Trinajstić information content (AvgIpc) is 3.54. The fourth-order valence-electron chi connectivity index (χ4n) is 6.29. The third kappa shape index (κ3) is 4.38. The summed E-state index contributed by atoms with van der Waals surface area (Å²) in [6, 6.07) is 2.97. The number of nitrogens with one attached hydrogen (secondary N) is 1. The Bertz CT molecular complexity index is 1350. The van der Waals surface area contributed by atoms with Crippen molar-refractivity contribution in [1.29, 1.82) is 0 Å². The number of β-amino-alcohol motifs (C(OH)–C–C–N with tert-alkyl or cyclic N) is 1. The molecule has 0 radical (unpaired) electrons. The Kier molecular flexibility index (Phi) is 7.23. The molecule has 3 unspecified atom stereocenters. The zero-order valence-corrected chi connectivity index (χ0v) is 23.2. The van der Waals surface area contributed by atoms with Gasteiger partial charge in [-0.25, -0.2) is 9.50 Å². The lowest BCUT2D eigenvalue weighted by Gasteiger charge is -2.43. The van der Waals surface area contributed by atoms with Crippen LogP contribution in [-0.4, -0.2) is 68.0 Å². The van der Waals surface area contributed by atoms with E-state index < -0.39 is 0 Å². The van der Waals surface area contributed by atoms with E-state index in [0.717, 1.165) is 42.8 Å². The highest BCUT2D eigenvalue weighted by atomic mass is 32.1. The molecule has 5 rings (SSSR count). The van der Waals surface area contributed by atoms with Gasteiger partial charge >= 0.3 is 0 Å². The summed E-state index contributed by atoms with van der Waals surface area (Å²) in [7, 11) is 0. The normalized spacial score (nSPS) is 21.4. The summed E-state index contributed by atoms with van der Waals surface area (Å²) < 4.78 is 7.75. The highest BCUT2D eigenvalue weighted by Gasteiger charge is 2.36. The average molecular weight is 510 g/mol. The van der Waals surface area contributed by atoms with Gasteiger partial charge in [0.05, 0.1) is 18.9 Å². The third-order valence-electron chi connectivity index (χ3n) is 7.85. The number of aromatic amines is 1. The highest BCUT2D eigenvalue weighted by Crippen LogP contribution is 2.47. The fraction of sp³-hybridized carbons (Fsp3) is 0.571. The second-order valence-corrected chi connectivity index (χ2v) is 11.6. The molecule has 2 N–H and O–H groups in total. The van der Waals surface area contributed by atoms with Crippen LogP contribution >= 0.6 is 11.3 Å². The maximum absolute atomic E-state index is 9.65. The zero-order chi connectivity index (χ0) is 25.6. The molecule has 3 atom stereocenters. The van der Waals surface area contributed by atoms with Gasteiger partial charge in [0.25, 0.3) is 0 Å². The van der Waals surface area contributed by atoms with E-state index in [1.807, 2.05) is 15.9 Å². The van der Waals surface area contributed by atoms with E-state index in [2.05, 4.69) is 73.8 Å². The predicted molar refractivity (Wildman–Crippen MR) is 147 cm³/mol. The first-order valence-electron chi connectivity index (χ1n) is 13.2. The largest absolute Gasteiger partial charge is 0.395 e. The number of nitrogens with zero attached hydrogens (tertiary/aromatic N) is 4. The van der Waals surface area contributed by atoms with Crippen molar-refractivity contribution in [3.05, 3.63) is 40.2 Å². The molecule has 1 aliphatic rings. The number of piperidine rings is 1.